The van der Waals surface area contributed by atoms with Crippen molar-refractivity contribution in [3.05, 3.63) is 207 Å². The monoisotopic (exact) mass is 2040 g/mol. The number of aryl methyl sites for hydroxylation is 2. The van der Waals surface area contributed by atoms with E-state index < -0.39 is 28.9 Å². The number of hydrogen-bond donors (Lipinski definition) is 2. The number of anilines is 4. The Morgan fingerprint density at radius 1 is 0.463 bits per heavy atom. The van der Waals surface area contributed by atoms with Gasteiger partial charge in [-0.25, -0.2) is 14.0 Å². The van der Waals surface area contributed by atoms with Crippen LogP contribution >= 0.6 is 61.3 Å². The lowest BCUT2D eigenvalue weighted by molar-refractivity contribution is -0.118. The number of aliphatic hydroxyl groups is 2. The normalized spacial score (nSPS) is 17.0. The molecule has 0 radical (unpaired) electrons. The van der Waals surface area contributed by atoms with E-state index in [9.17, 15) is 43.4 Å². The number of unbranched alkanes of at least 4 members (excludes halogenated alkanes) is 8. The first-order valence-electron chi connectivity index (χ1n) is 48.9. The molecule has 8 atom stereocenters. The summed E-state index contributed by atoms with van der Waals surface area (Å²) >= 11 is 9.73. The van der Waals surface area contributed by atoms with Gasteiger partial charge in [0.1, 0.15) is 6.17 Å². The molecule has 4 saturated heterocycles. The third-order valence-corrected chi connectivity index (χ3v) is 39.8. The zero-order valence-corrected chi connectivity index (χ0v) is 91.3. The average molecular weight is 2050 g/mol. The van der Waals surface area contributed by atoms with Gasteiger partial charge >= 0.3 is 11.9 Å². The zero-order chi connectivity index (χ0) is 99.7. The minimum absolute atomic E-state index is 0.00257. The zero-order valence-electron chi connectivity index (χ0n) is 84.4. The van der Waals surface area contributed by atoms with Crippen molar-refractivity contribution in [2.75, 3.05) is 60.2 Å². The highest BCUT2D eigenvalue weighted by Gasteiger charge is 2.42. The Kier molecular flexibility index (Phi) is 49.9. The largest absolute Gasteiger partial charge is 0.465 e. The number of rotatable bonds is 44. The van der Waals surface area contributed by atoms with Gasteiger partial charge in [-0.05, 0) is 218 Å². The minimum Gasteiger partial charge on any atom is -0.465 e. The van der Waals surface area contributed by atoms with Crippen LogP contribution in [0, 0.1) is 25.2 Å². The Morgan fingerprint density at radius 2 is 0.757 bits per heavy atom. The number of ether oxygens (including phenoxy) is 5. The highest BCUT2D eigenvalue weighted by molar-refractivity contribution is 9.08. The third-order valence-electron chi connectivity index (χ3n) is 26.0. The van der Waals surface area contributed by atoms with Crippen LogP contribution < -0.4 is 19.6 Å². The Morgan fingerprint density at radius 3 is 1.07 bits per heavy atom. The number of nitrogens with zero attached hydrogens (tertiary/aromatic N) is 5. The van der Waals surface area contributed by atoms with Crippen LogP contribution in [0.1, 0.15) is 328 Å². The van der Waals surface area contributed by atoms with Crippen molar-refractivity contribution in [2.24, 2.45) is 0 Å². The van der Waals surface area contributed by atoms with Crippen LogP contribution in [0.3, 0.4) is 0 Å². The molecule has 8 aromatic rings. The Labute approximate surface area is 838 Å². The van der Waals surface area contributed by atoms with Gasteiger partial charge in [-0.3, -0.25) is 19.2 Å². The number of hydrogen-bond acceptors (Lipinski definition) is 20. The Hall–Kier alpha value is -7.45. The standard InChI is InChI=1S/C30H45NO5SSi.C23H30FNO2S.C23H31NO3S.C23H39NO3Si.C7H7BrO2S.C2H3N/c1-8-9-10-11-27(36-38(6,7)30(2,3)4)22-12-14-24(15-13-22)31-25(16-17-28(31)32)19-35-20-26-18-23(21-37-26)29(33)34-5;1-3-4-5-6-22(24)18-7-9-19(10-8-18)25-20(11-12-23(25)26)14-27-15-21-13-17(2)16-28-21;1-3-4-5-6-22(25)18-7-9-19(10-8-18)24-20(11-12-23(24)26)14-27-15-21-13-17(2)16-28-21;1-7-8-9-10-21(27-28(5,6)23(2,3)4)18-11-13-19(14-12-18)24-20(17-25)15-16-22(24)26;1-10-7(9)5-2-6(3-8)11-4-5;1-2-3/h12-15,18,21,25,27H,8-11,16-17,19-20H2,1-7H3;7-10,13,16,20,22H,3-6,11-12,14-15H2,1-2H3;7-10,13,16,20,22,25H,3-6,11-12,14-15H2,1-2H3;11-14,20-21,25H,7-10,15-17H2,1-6H3;2,4H,3H2,1H3;1H3/t25-,27?;2*20-,22?;20-,21?;;/m1111../s1. The Bertz CT molecular complexity index is 4800. The molecule has 12 rings (SSSR count). The van der Waals surface area contributed by atoms with Crippen molar-refractivity contribution in [1.82, 2.24) is 0 Å². The molecule has 0 spiro atoms. The van der Waals surface area contributed by atoms with Crippen LogP contribution in [-0.4, -0.2) is 127 Å². The van der Waals surface area contributed by atoms with Crippen LogP contribution in [0.4, 0.5) is 27.1 Å². The van der Waals surface area contributed by atoms with Gasteiger partial charge < -0.3 is 62.3 Å². The summed E-state index contributed by atoms with van der Waals surface area (Å²) in [5.41, 5.74) is 11.2. The maximum atomic E-state index is 14.4. The molecular weight excluding hydrogens is 1890 g/mol. The number of aliphatic hydroxyl groups excluding tert-OH is 2. The van der Waals surface area contributed by atoms with Gasteiger partial charge in [-0.1, -0.05) is 211 Å². The van der Waals surface area contributed by atoms with E-state index in [1.54, 1.807) is 61.8 Å². The molecule has 20 nitrogen and oxygen atoms in total. The highest BCUT2D eigenvalue weighted by Crippen LogP contribution is 2.45. The molecule has 4 aliphatic rings. The lowest BCUT2D eigenvalue weighted by atomic mass is 10.0. The smallest absolute Gasteiger partial charge is 0.338 e. The maximum absolute atomic E-state index is 14.4. The van der Waals surface area contributed by atoms with Gasteiger partial charge in [0, 0.05) is 91.0 Å². The second-order valence-corrected chi connectivity index (χ2v) is 52.8. The molecule has 4 aliphatic heterocycles. The second-order valence-electron chi connectivity index (χ2n) is 38.7. The number of alkyl halides is 2. The first-order valence-corrected chi connectivity index (χ1v) is 59.3. The molecule has 0 saturated carbocycles. The van der Waals surface area contributed by atoms with Crippen molar-refractivity contribution < 1.29 is 75.9 Å². The van der Waals surface area contributed by atoms with Crippen LogP contribution in [0.15, 0.2) is 143 Å². The molecule has 0 aliphatic carbocycles. The SMILES string of the molecule is CC#N.CCCCCC(F)c1ccc(N2C(=O)CC[C@@H]2COCc2cc(C)cs2)cc1.CCCCCC(O)c1ccc(N2C(=O)CC[C@@H]2COCc2cc(C)cs2)cc1.CCCCCC(O[Si](C)(C)C(C)(C)C)c1ccc(N2C(=O)CC[C@@H]2CO)cc1.CCCCCC(O[Si](C)(C)C(C)(C)C)c1ccc(N2C(=O)CC[C@@H]2COCc2cc(C(=O)OC)cs2)cc1.COC(=O)c1csc(CBr)c1. The lowest BCUT2D eigenvalue weighted by Crippen LogP contribution is -2.41. The van der Waals surface area contributed by atoms with E-state index in [0.29, 0.717) is 88.4 Å². The van der Waals surface area contributed by atoms with Crippen molar-refractivity contribution >= 4 is 136 Å². The number of amides is 4. The van der Waals surface area contributed by atoms with Crippen molar-refractivity contribution in [3.8, 4) is 6.07 Å². The Balaban J connectivity index is 0.000000237. The molecular formula is C108H155BrFN5O15S4Si2. The molecule has 4 amide bonds. The van der Waals surface area contributed by atoms with Gasteiger partial charge in [-0.2, -0.15) is 5.26 Å². The summed E-state index contributed by atoms with van der Waals surface area (Å²) < 4.78 is 55.1. The number of thiophene rings is 4. The summed E-state index contributed by atoms with van der Waals surface area (Å²) in [6.07, 6.45) is 21.0. The third kappa shape index (κ3) is 36.3. The molecule has 0 bridgehead atoms. The van der Waals surface area contributed by atoms with E-state index >= 15 is 0 Å². The predicted molar refractivity (Wildman–Crippen MR) is 565 cm³/mol. The molecule has 4 aromatic carbocycles. The summed E-state index contributed by atoms with van der Waals surface area (Å²) in [5, 5.41) is 36.2. The number of methoxy groups -OCH3 is 2. The van der Waals surface area contributed by atoms with Gasteiger partial charge in [-0.15, -0.1) is 45.3 Å². The number of benzene rings is 4. The van der Waals surface area contributed by atoms with E-state index in [1.807, 2.05) is 81.4 Å². The fourth-order valence-corrected chi connectivity index (χ4v) is 22.4. The van der Waals surface area contributed by atoms with Crippen molar-refractivity contribution in [2.45, 2.75) is 354 Å². The molecule has 748 valence electrons. The maximum Gasteiger partial charge on any atom is 0.338 e. The summed E-state index contributed by atoms with van der Waals surface area (Å²) in [6, 6.07) is 41.6. The molecule has 136 heavy (non-hydrogen) atoms. The van der Waals surface area contributed by atoms with Crippen LogP contribution in [0.2, 0.25) is 36.3 Å². The predicted octanol–water partition coefficient (Wildman–Crippen LogP) is 28.4. The van der Waals surface area contributed by atoms with Crippen LogP contribution in [-0.2, 0) is 76.9 Å². The lowest BCUT2D eigenvalue weighted by Gasteiger charge is -2.39. The second kappa shape index (κ2) is 58.7. The van der Waals surface area contributed by atoms with E-state index in [1.165, 1.54) is 90.2 Å². The summed E-state index contributed by atoms with van der Waals surface area (Å²) in [5.74, 6) is -0.111. The first-order chi connectivity index (χ1) is 64.9. The van der Waals surface area contributed by atoms with E-state index in [4.69, 9.17) is 33.1 Å². The van der Waals surface area contributed by atoms with E-state index in [-0.39, 0.29) is 88.6 Å². The van der Waals surface area contributed by atoms with Gasteiger partial charge in [0.25, 0.3) is 0 Å². The summed E-state index contributed by atoms with van der Waals surface area (Å²) in [4.78, 5) is 84.3. The minimum atomic E-state index is -1.93. The first kappa shape index (κ1) is 116. The number of esters is 2. The average Bonchev–Trinajstić information content (AvgIpc) is 0.820. The molecule has 4 aromatic heterocycles. The van der Waals surface area contributed by atoms with E-state index in [2.05, 4.69) is 189 Å². The summed E-state index contributed by atoms with van der Waals surface area (Å²) in [6.45, 7) is 40.4. The summed E-state index contributed by atoms with van der Waals surface area (Å²) in [7, 11) is -1.04. The molecule has 4 fully saturated rings. The fourth-order valence-electron chi connectivity index (χ4n) is 16.1. The topological polar surface area (TPSA) is 244 Å². The van der Waals surface area contributed by atoms with Crippen LogP contribution in [0.25, 0.3) is 0 Å². The van der Waals surface area contributed by atoms with Gasteiger partial charge in [0.05, 0.1) is 120 Å². The quantitative estimate of drug-likeness (QED) is 0.0156. The molecule has 28 heteroatoms. The highest BCUT2D eigenvalue weighted by atomic mass is 79.9. The molecule has 8 heterocycles. The molecule has 4 unspecified atom stereocenters. The van der Waals surface area contributed by atoms with Crippen LogP contribution in [0.5, 0.6) is 0 Å². The number of halogens is 2. The molecule has 2 N–H and O–H groups in total. The number of carbonyl (C=O) groups is 6. The number of carbonyl (C=O) groups excluding carboxylic acids is 6. The fraction of sp³-hybridized carbons (Fsp3) is 0.565. The number of nitriles is 1. The van der Waals surface area contributed by atoms with Gasteiger partial charge in [0.15, 0.2) is 16.6 Å². The van der Waals surface area contributed by atoms with Crippen molar-refractivity contribution in [1.29, 1.82) is 5.26 Å². The van der Waals surface area contributed by atoms with Gasteiger partial charge in [0.2, 0.25) is 23.6 Å². The van der Waals surface area contributed by atoms with Crippen molar-refractivity contribution in [3.63, 3.8) is 0 Å². The van der Waals surface area contributed by atoms with E-state index in [0.717, 1.165) is 140 Å².